The molecule has 0 aliphatic carbocycles. The van der Waals surface area contributed by atoms with E-state index in [1.54, 1.807) is 12.2 Å². The van der Waals surface area contributed by atoms with Crippen LogP contribution in [0.2, 0.25) is 0 Å². The number of hydrogen-bond acceptors (Lipinski definition) is 3. The van der Waals surface area contributed by atoms with Crippen molar-refractivity contribution in [2.45, 2.75) is 0 Å². The Balaban J connectivity index is 2.66. The fraction of sp³-hybridized carbons (Fsp3) is 0.0769. The Labute approximate surface area is 101 Å². The van der Waals surface area contributed by atoms with Crippen molar-refractivity contribution >= 4 is 13.7 Å². The Morgan fingerprint density at radius 2 is 1.76 bits per heavy atom. The third-order valence-corrected chi connectivity index (χ3v) is 3.25. The molecule has 0 unspecified atom stereocenters. The largest absolute Gasteiger partial charge is 0.450 e. The van der Waals surface area contributed by atoms with Crippen LogP contribution in [0.25, 0.3) is 6.08 Å². The molecule has 0 amide bonds. The molecule has 17 heavy (non-hydrogen) atoms. The summed E-state index contributed by atoms with van der Waals surface area (Å²) in [6.45, 7) is 0. The maximum Gasteiger partial charge on any atom is 0.450 e. The Hall–Kier alpha value is -2.09. The topological polar surface area (TPSA) is 35.5 Å². The Bertz CT molecular complexity index is 486. The highest BCUT2D eigenvalue weighted by Crippen LogP contribution is 2.47. The second-order valence-corrected chi connectivity index (χ2v) is 4.98. The molecule has 3 nitrogen and oxygen atoms in total. The van der Waals surface area contributed by atoms with E-state index in [0.717, 1.165) is 5.56 Å². The lowest BCUT2D eigenvalue weighted by molar-refractivity contribution is 0.358. The van der Waals surface area contributed by atoms with Gasteiger partial charge in [0.05, 0.1) is 6.16 Å². The monoisotopic (exact) mass is 246 g/mol. The van der Waals surface area contributed by atoms with Crippen molar-refractivity contribution in [2.24, 2.45) is 0 Å². The fourth-order valence-electron chi connectivity index (χ4n) is 1.14. The predicted octanol–water partition coefficient (Wildman–Crippen LogP) is 3.11. The van der Waals surface area contributed by atoms with Gasteiger partial charge in [0.25, 0.3) is 0 Å². The number of allylic oxidation sites excluding steroid dienone is 1. The van der Waals surface area contributed by atoms with Crippen LogP contribution in [0.3, 0.4) is 0 Å². The molecule has 0 atom stereocenters. The van der Waals surface area contributed by atoms with E-state index in [1.165, 1.54) is 0 Å². The van der Waals surface area contributed by atoms with Gasteiger partial charge in [0.1, 0.15) is 12.2 Å². The Morgan fingerprint density at radius 3 is 2.29 bits per heavy atom. The van der Waals surface area contributed by atoms with Gasteiger partial charge in [-0.05, 0) is 5.56 Å². The second kappa shape index (κ2) is 6.48. The smallest absolute Gasteiger partial charge is 0.362 e. The lowest BCUT2D eigenvalue weighted by Crippen LogP contribution is -1.90. The van der Waals surface area contributed by atoms with Gasteiger partial charge in [0, 0.05) is 0 Å². The molecule has 0 saturated carbocycles. The van der Waals surface area contributed by atoms with Crippen LogP contribution in [0.1, 0.15) is 5.56 Å². The van der Waals surface area contributed by atoms with Crippen LogP contribution in [-0.4, -0.2) is 6.16 Å². The van der Waals surface area contributed by atoms with Gasteiger partial charge in [-0.15, -0.1) is 0 Å². The zero-order valence-electron chi connectivity index (χ0n) is 9.08. The molecular weight excluding hydrogens is 235 g/mol. The van der Waals surface area contributed by atoms with Crippen molar-refractivity contribution in [1.29, 1.82) is 0 Å². The summed E-state index contributed by atoms with van der Waals surface area (Å²) in [7, 11) is -3.42. The molecule has 0 radical (unpaired) electrons. The maximum atomic E-state index is 11.8. The van der Waals surface area contributed by atoms with Gasteiger partial charge in [-0.1, -0.05) is 55.3 Å². The third-order valence-electron chi connectivity index (χ3n) is 1.82. The van der Waals surface area contributed by atoms with Gasteiger partial charge >= 0.3 is 7.60 Å². The lowest BCUT2D eigenvalue weighted by Gasteiger charge is -2.08. The maximum absolute atomic E-state index is 11.8. The first kappa shape index (κ1) is 13.0. The minimum atomic E-state index is -3.42. The highest BCUT2D eigenvalue weighted by Gasteiger charge is 2.23. The molecule has 0 N–H and O–H groups in total. The molecule has 4 heteroatoms. The van der Waals surface area contributed by atoms with Gasteiger partial charge in [0.15, 0.2) is 0 Å². The van der Waals surface area contributed by atoms with Crippen LogP contribution in [0.5, 0.6) is 0 Å². The summed E-state index contributed by atoms with van der Waals surface area (Å²) in [5, 5.41) is 0. The van der Waals surface area contributed by atoms with Crippen molar-refractivity contribution in [3.63, 3.8) is 0 Å². The summed E-state index contributed by atoms with van der Waals surface area (Å²) >= 11 is 0. The molecule has 1 aromatic carbocycles. The van der Waals surface area contributed by atoms with Crippen molar-refractivity contribution in [3.8, 4) is 25.1 Å². The normalized spacial score (nSPS) is 10.5. The summed E-state index contributed by atoms with van der Waals surface area (Å²) in [6, 6.07) is 9.52. The number of rotatable bonds is 5. The minimum absolute atomic E-state index is 0.0241. The average molecular weight is 246 g/mol. The quantitative estimate of drug-likeness (QED) is 0.591. The molecule has 0 aliphatic heterocycles. The highest BCUT2D eigenvalue weighted by molar-refractivity contribution is 7.54. The van der Waals surface area contributed by atoms with Gasteiger partial charge < -0.3 is 9.05 Å². The zero-order chi connectivity index (χ0) is 12.6. The van der Waals surface area contributed by atoms with Crippen molar-refractivity contribution < 1.29 is 13.6 Å². The molecule has 0 heterocycles. The number of hydrogen-bond donors (Lipinski definition) is 0. The molecule has 0 aliphatic rings. The van der Waals surface area contributed by atoms with E-state index in [0.29, 0.717) is 0 Å². The van der Waals surface area contributed by atoms with E-state index in [4.69, 9.17) is 12.8 Å². The number of terminal acetylenes is 2. The van der Waals surface area contributed by atoms with E-state index in [9.17, 15) is 4.57 Å². The molecule has 1 rings (SSSR count). The van der Waals surface area contributed by atoms with Crippen molar-refractivity contribution in [1.82, 2.24) is 0 Å². The summed E-state index contributed by atoms with van der Waals surface area (Å²) in [4.78, 5) is 0. The SMILES string of the molecule is C#COP(=O)(CC=Cc1ccccc1)OC#C. The van der Waals surface area contributed by atoms with Crippen LogP contribution in [-0.2, 0) is 13.6 Å². The Morgan fingerprint density at radius 1 is 1.18 bits per heavy atom. The molecule has 0 saturated heterocycles. The van der Waals surface area contributed by atoms with E-state index >= 15 is 0 Å². The Kier molecular flexibility index (Phi) is 4.95. The first-order valence-electron chi connectivity index (χ1n) is 4.79. The highest BCUT2D eigenvalue weighted by atomic mass is 31.2. The van der Waals surface area contributed by atoms with E-state index < -0.39 is 7.60 Å². The zero-order valence-corrected chi connectivity index (χ0v) is 9.97. The van der Waals surface area contributed by atoms with E-state index in [1.807, 2.05) is 42.5 Å². The predicted molar refractivity (Wildman–Crippen MR) is 67.8 cm³/mol. The second-order valence-electron chi connectivity index (χ2n) is 3.02. The van der Waals surface area contributed by atoms with Crippen molar-refractivity contribution in [3.05, 3.63) is 42.0 Å². The third kappa shape index (κ3) is 4.51. The van der Waals surface area contributed by atoms with Crippen LogP contribution in [0, 0.1) is 25.1 Å². The van der Waals surface area contributed by atoms with Gasteiger partial charge in [0.2, 0.25) is 0 Å². The van der Waals surface area contributed by atoms with Gasteiger partial charge in [-0.2, -0.15) is 0 Å². The van der Waals surface area contributed by atoms with Crippen LogP contribution < -0.4 is 0 Å². The minimum Gasteiger partial charge on any atom is -0.362 e. The molecular formula is C13H11O3P. The summed E-state index contributed by atoms with van der Waals surface area (Å²) in [6.07, 6.45) is 16.9. The molecule has 0 spiro atoms. The standard InChI is InChI=1S/C13H11O3P/c1-3-15-17(14,16-4-2)12-8-11-13-9-6-5-7-10-13/h1-2,5-11H,12H2. The number of benzene rings is 1. The average Bonchev–Trinajstić information content (AvgIpc) is 2.31. The molecule has 86 valence electrons. The van der Waals surface area contributed by atoms with Gasteiger partial charge in [-0.25, -0.2) is 4.57 Å². The fourth-order valence-corrected chi connectivity index (χ4v) is 2.01. The van der Waals surface area contributed by atoms with Crippen molar-refractivity contribution in [2.75, 3.05) is 6.16 Å². The molecule has 0 bridgehead atoms. The van der Waals surface area contributed by atoms with Crippen LogP contribution >= 0.6 is 7.60 Å². The van der Waals surface area contributed by atoms with Gasteiger partial charge in [-0.3, -0.25) is 0 Å². The molecule has 1 aromatic rings. The summed E-state index contributed by atoms with van der Waals surface area (Å²) in [5.74, 6) is 0. The molecule has 0 aromatic heterocycles. The summed E-state index contributed by atoms with van der Waals surface area (Å²) < 4.78 is 21.0. The summed E-state index contributed by atoms with van der Waals surface area (Å²) in [5.41, 5.74) is 0.973. The van der Waals surface area contributed by atoms with Crippen LogP contribution in [0.4, 0.5) is 0 Å². The first-order chi connectivity index (χ1) is 8.20. The van der Waals surface area contributed by atoms with E-state index in [2.05, 4.69) is 9.05 Å². The molecule has 0 fully saturated rings. The van der Waals surface area contributed by atoms with E-state index in [-0.39, 0.29) is 6.16 Å². The first-order valence-corrected chi connectivity index (χ1v) is 6.52. The lowest BCUT2D eigenvalue weighted by atomic mass is 10.2. The van der Waals surface area contributed by atoms with Crippen LogP contribution in [0.15, 0.2) is 36.4 Å².